The number of carbonyl (C=O) groups excluding carboxylic acids is 4. The monoisotopic (exact) mass is 557 g/mol. The lowest BCUT2D eigenvalue weighted by atomic mass is 10.1. The molecule has 14 nitrogen and oxygen atoms in total. The molecule has 210 valence electrons. The summed E-state index contributed by atoms with van der Waals surface area (Å²) in [4.78, 5) is 74.9. The topological polar surface area (TPSA) is 228 Å². The Morgan fingerprint density at radius 2 is 1.71 bits per heavy atom. The van der Waals surface area contributed by atoms with Gasteiger partial charge in [0.25, 0.3) is 11.5 Å². The number of nitrogens with one attached hydrogen (secondary N) is 4. The maximum absolute atomic E-state index is 12.8. The molecule has 4 rings (SSSR count). The first kappa shape index (κ1) is 28.4. The van der Waals surface area contributed by atoms with Crippen molar-refractivity contribution in [1.82, 2.24) is 30.6 Å². The number of hydrogen-bond acceptors (Lipinski definition) is 11. The number of aromatic amines is 1. The number of nitrogens with zero attached hydrogens (tertiary/aromatic N) is 3. The van der Waals surface area contributed by atoms with Crippen molar-refractivity contribution in [2.24, 2.45) is 0 Å². The van der Waals surface area contributed by atoms with Gasteiger partial charge in [0.05, 0.1) is 24.5 Å². The molecule has 0 fully saturated rings. The van der Waals surface area contributed by atoms with E-state index in [9.17, 15) is 24.0 Å². The highest BCUT2D eigenvalue weighted by atomic mass is 16.2. The van der Waals surface area contributed by atoms with E-state index >= 15 is 0 Å². The van der Waals surface area contributed by atoms with Crippen LogP contribution in [0.15, 0.2) is 59.5 Å². The Morgan fingerprint density at radius 1 is 0.976 bits per heavy atom. The summed E-state index contributed by atoms with van der Waals surface area (Å²) in [5.74, 6) is -1.80. The summed E-state index contributed by atoms with van der Waals surface area (Å²) in [5, 5.41) is 8.36. The summed E-state index contributed by atoms with van der Waals surface area (Å²) in [7, 11) is 0. The zero-order valence-corrected chi connectivity index (χ0v) is 21.7. The summed E-state index contributed by atoms with van der Waals surface area (Å²) < 4.78 is 0. The zero-order valence-electron chi connectivity index (χ0n) is 21.7. The van der Waals surface area contributed by atoms with Crippen molar-refractivity contribution in [2.75, 3.05) is 16.8 Å². The van der Waals surface area contributed by atoms with Crippen molar-refractivity contribution in [2.45, 2.75) is 32.0 Å². The minimum atomic E-state index is -1.15. The second-order valence-corrected chi connectivity index (χ2v) is 9.02. The maximum atomic E-state index is 12.8. The van der Waals surface area contributed by atoms with E-state index in [0.29, 0.717) is 17.1 Å². The predicted molar refractivity (Wildman–Crippen MR) is 150 cm³/mol. The summed E-state index contributed by atoms with van der Waals surface area (Å²) in [6.07, 6.45) is 1.47. The largest absolute Gasteiger partial charge is 0.399 e. The van der Waals surface area contributed by atoms with Crippen LogP contribution in [0.5, 0.6) is 0 Å². The van der Waals surface area contributed by atoms with Gasteiger partial charge >= 0.3 is 0 Å². The lowest BCUT2D eigenvalue weighted by Gasteiger charge is -2.15. The third-order valence-corrected chi connectivity index (χ3v) is 6.00. The molecule has 0 radical (unpaired) electrons. The minimum absolute atomic E-state index is 0.0474. The van der Waals surface area contributed by atoms with Crippen LogP contribution in [0.2, 0.25) is 0 Å². The number of H-pyrrole nitrogens is 1. The van der Waals surface area contributed by atoms with Gasteiger partial charge in [0.1, 0.15) is 0 Å². The van der Waals surface area contributed by atoms with Crippen molar-refractivity contribution < 1.29 is 19.2 Å². The fraction of sp³-hybridized carbons (Fsp3) is 0.185. The van der Waals surface area contributed by atoms with Gasteiger partial charge in [-0.25, -0.2) is 9.97 Å². The Hall–Kier alpha value is -5.66. The van der Waals surface area contributed by atoms with Crippen molar-refractivity contribution in [3.8, 4) is 0 Å². The van der Waals surface area contributed by atoms with Gasteiger partial charge in [-0.3, -0.25) is 29.0 Å². The molecule has 1 atom stereocenters. The quantitative estimate of drug-likeness (QED) is 0.0796. The minimum Gasteiger partial charge on any atom is -0.399 e. The number of ketones is 1. The number of anilines is 3. The molecule has 2 amide bonds. The van der Waals surface area contributed by atoms with Gasteiger partial charge in [-0.2, -0.15) is 4.98 Å². The Kier molecular flexibility index (Phi) is 8.94. The van der Waals surface area contributed by atoms with Crippen LogP contribution in [0.25, 0.3) is 11.2 Å². The zero-order chi connectivity index (χ0) is 29.4. The standard InChI is InChI=1S/C27H27N9O5/c28-17-5-1-15(2-6-17)11-31-22(39)10-9-20(21(38)14-37)34-25(40)16-3-7-18(8-4-16)30-12-19-13-32-24-23(33-19)26(41)36-27(29)35-24/h1-8,13-14,20,30H,9-12,28H2,(H,31,39)(H,34,40)(H3,29,32,35,36,41). The SMILES string of the molecule is Nc1ccc(CNC(=O)CCC(NC(=O)c2ccc(NCc3cnc4nc(N)[nH]c(=O)c4n3)cc2)C(=O)C=O)cc1. The lowest BCUT2D eigenvalue weighted by molar-refractivity contribution is -0.131. The van der Waals surface area contributed by atoms with Crippen LogP contribution in [-0.4, -0.2) is 49.9 Å². The molecule has 1 unspecified atom stereocenters. The number of aromatic nitrogens is 4. The van der Waals surface area contributed by atoms with Gasteiger partial charge in [0.15, 0.2) is 17.5 Å². The van der Waals surface area contributed by atoms with Crippen molar-refractivity contribution in [3.63, 3.8) is 0 Å². The number of nitrogens with two attached hydrogens (primary N) is 2. The second kappa shape index (κ2) is 12.9. The van der Waals surface area contributed by atoms with Gasteiger partial charge in [0.2, 0.25) is 17.6 Å². The molecule has 8 N–H and O–H groups in total. The number of rotatable bonds is 12. The highest BCUT2D eigenvalue weighted by molar-refractivity contribution is 6.28. The highest BCUT2D eigenvalue weighted by Crippen LogP contribution is 2.13. The number of benzene rings is 2. The van der Waals surface area contributed by atoms with E-state index in [1.807, 2.05) is 0 Å². The van der Waals surface area contributed by atoms with E-state index in [-0.39, 0.29) is 60.8 Å². The van der Waals surface area contributed by atoms with Crippen LogP contribution in [0.3, 0.4) is 0 Å². The highest BCUT2D eigenvalue weighted by Gasteiger charge is 2.22. The lowest BCUT2D eigenvalue weighted by Crippen LogP contribution is -2.42. The smallest absolute Gasteiger partial charge is 0.280 e. The van der Waals surface area contributed by atoms with E-state index in [1.54, 1.807) is 36.4 Å². The number of aldehydes is 1. The summed E-state index contributed by atoms with van der Waals surface area (Å²) in [5.41, 5.74) is 13.7. The number of fused-ring (bicyclic) bond motifs is 1. The number of nitrogen functional groups attached to an aromatic ring is 2. The third kappa shape index (κ3) is 7.69. The average molecular weight is 558 g/mol. The second-order valence-electron chi connectivity index (χ2n) is 9.02. The van der Waals surface area contributed by atoms with E-state index in [1.165, 1.54) is 18.3 Å². The van der Waals surface area contributed by atoms with Crippen molar-refractivity contribution in [3.05, 3.63) is 81.9 Å². The first-order valence-corrected chi connectivity index (χ1v) is 12.5. The normalized spacial score (nSPS) is 11.4. The molecule has 14 heteroatoms. The summed E-state index contributed by atoms with van der Waals surface area (Å²) >= 11 is 0. The first-order valence-electron chi connectivity index (χ1n) is 12.5. The number of carbonyl (C=O) groups is 4. The van der Waals surface area contributed by atoms with E-state index in [0.717, 1.165) is 5.56 Å². The molecule has 0 saturated carbocycles. The summed E-state index contributed by atoms with van der Waals surface area (Å²) in [6, 6.07) is 12.2. The van der Waals surface area contributed by atoms with E-state index in [4.69, 9.17) is 11.5 Å². The van der Waals surface area contributed by atoms with Crippen molar-refractivity contribution in [1.29, 1.82) is 0 Å². The van der Waals surface area contributed by atoms with Crippen molar-refractivity contribution >= 4 is 52.4 Å². The van der Waals surface area contributed by atoms with Crippen LogP contribution in [0, 0.1) is 0 Å². The van der Waals surface area contributed by atoms with Crippen LogP contribution < -0.4 is 33.0 Å². The van der Waals surface area contributed by atoms with Crippen LogP contribution in [-0.2, 0) is 27.5 Å². The van der Waals surface area contributed by atoms with E-state index < -0.39 is 23.3 Å². The van der Waals surface area contributed by atoms with Gasteiger partial charge < -0.3 is 27.4 Å². The molecule has 4 aromatic rings. The molecule has 2 heterocycles. The molecular formula is C27H27N9O5. The third-order valence-electron chi connectivity index (χ3n) is 6.00. The average Bonchev–Trinajstić information content (AvgIpc) is 2.97. The van der Waals surface area contributed by atoms with Gasteiger partial charge in [-0.1, -0.05) is 12.1 Å². The summed E-state index contributed by atoms with van der Waals surface area (Å²) in [6.45, 7) is 0.505. The Bertz CT molecular complexity index is 1640. The molecular weight excluding hydrogens is 530 g/mol. The fourth-order valence-electron chi connectivity index (χ4n) is 3.80. The molecule has 0 aliphatic rings. The van der Waals surface area contributed by atoms with Gasteiger partial charge in [-0.15, -0.1) is 0 Å². The molecule has 0 spiro atoms. The molecule has 0 saturated heterocycles. The molecule has 0 aliphatic carbocycles. The van der Waals surface area contributed by atoms with Crippen LogP contribution >= 0.6 is 0 Å². The Labute approximate surface area is 233 Å². The number of Topliss-reactive ketones (excluding diaryl/α,β-unsaturated/α-hetero) is 1. The van der Waals surface area contributed by atoms with E-state index in [2.05, 4.69) is 35.9 Å². The fourth-order valence-corrected chi connectivity index (χ4v) is 3.80. The maximum Gasteiger partial charge on any atom is 0.280 e. The Morgan fingerprint density at radius 3 is 2.41 bits per heavy atom. The first-order chi connectivity index (χ1) is 19.7. The van der Waals surface area contributed by atoms with Crippen LogP contribution in [0.1, 0.15) is 34.5 Å². The number of hydrogen-bond donors (Lipinski definition) is 6. The molecule has 41 heavy (non-hydrogen) atoms. The molecule has 2 aromatic carbocycles. The Balaban J connectivity index is 1.30. The predicted octanol–water partition coefficient (Wildman–Crippen LogP) is 0.453. The number of amides is 2. The van der Waals surface area contributed by atoms with Gasteiger partial charge in [-0.05, 0) is 48.4 Å². The van der Waals surface area contributed by atoms with Crippen LogP contribution in [0.4, 0.5) is 17.3 Å². The molecule has 0 bridgehead atoms. The van der Waals surface area contributed by atoms with Gasteiger partial charge in [0, 0.05) is 29.9 Å². The molecule has 0 aliphatic heterocycles. The molecule has 2 aromatic heterocycles.